The molecule has 0 bridgehead atoms. The number of aromatic nitrogens is 2. The van der Waals surface area contributed by atoms with Crippen LogP contribution in [0.3, 0.4) is 0 Å². The Morgan fingerprint density at radius 2 is 1.85 bits per heavy atom. The molecule has 26 heavy (non-hydrogen) atoms. The summed E-state index contributed by atoms with van der Waals surface area (Å²) in [6, 6.07) is 10.5. The van der Waals surface area contributed by atoms with Crippen LogP contribution in [0.1, 0.15) is 30.0 Å². The number of carbonyl (C=O) groups excluding carboxylic acids is 1. The zero-order valence-electron chi connectivity index (χ0n) is 15.0. The minimum Gasteiger partial charge on any atom is -0.348 e. The topological polar surface area (TPSA) is 61.4 Å². The summed E-state index contributed by atoms with van der Waals surface area (Å²) in [4.78, 5) is 25.5. The van der Waals surface area contributed by atoms with Gasteiger partial charge in [0.25, 0.3) is 0 Å². The van der Waals surface area contributed by atoms with Crippen molar-refractivity contribution in [1.82, 2.24) is 20.2 Å². The summed E-state index contributed by atoms with van der Waals surface area (Å²) in [5.74, 6) is 0.895. The van der Waals surface area contributed by atoms with Gasteiger partial charge >= 0.3 is 0 Å². The molecule has 1 aromatic heterocycles. The second kappa shape index (κ2) is 7.83. The highest BCUT2D eigenvalue weighted by atomic mass is 16.2. The number of amides is 1. The van der Waals surface area contributed by atoms with Gasteiger partial charge in [-0.15, -0.1) is 0 Å². The number of fused-ring (bicyclic) bond motifs is 1. The number of aryl methyl sites for hydroxylation is 1. The highest BCUT2D eigenvalue weighted by Gasteiger charge is 2.24. The van der Waals surface area contributed by atoms with Gasteiger partial charge in [0, 0.05) is 38.6 Å². The Bertz CT molecular complexity index is 743. The number of benzene rings is 1. The van der Waals surface area contributed by atoms with Crippen molar-refractivity contribution in [2.45, 2.75) is 25.3 Å². The van der Waals surface area contributed by atoms with Crippen molar-refractivity contribution in [3.63, 3.8) is 0 Å². The number of nitrogens with one attached hydrogen (secondary N) is 1. The van der Waals surface area contributed by atoms with Gasteiger partial charge in [0.1, 0.15) is 0 Å². The Kier molecular flexibility index (Phi) is 5.11. The lowest BCUT2D eigenvalue weighted by Gasteiger charge is -2.34. The minimum absolute atomic E-state index is 0.121. The molecular weight excluding hydrogens is 326 g/mol. The van der Waals surface area contributed by atoms with E-state index >= 15 is 0 Å². The summed E-state index contributed by atoms with van der Waals surface area (Å²) < 4.78 is 0. The molecule has 1 atom stereocenters. The fourth-order valence-corrected chi connectivity index (χ4v) is 3.91. The number of anilines is 1. The van der Waals surface area contributed by atoms with Crippen LogP contribution < -0.4 is 10.2 Å². The number of carbonyl (C=O) groups is 1. The Morgan fingerprint density at radius 1 is 1.08 bits per heavy atom. The van der Waals surface area contributed by atoms with Crippen molar-refractivity contribution in [3.8, 4) is 0 Å². The summed E-state index contributed by atoms with van der Waals surface area (Å²) in [5.41, 5.74) is 2.67. The highest BCUT2D eigenvalue weighted by Crippen LogP contribution is 2.29. The molecule has 1 aliphatic carbocycles. The molecule has 2 heterocycles. The summed E-state index contributed by atoms with van der Waals surface area (Å²) >= 11 is 0. The monoisotopic (exact) mass is 351 g/mol. The van der Waals surface area contributed by atoms with Crippen LogP contribution in [0.4, 0.5) is 5.95 Å². The van der Waals surface area contributed by atoms with Gasteiger partial charge in [-0.05, 0) is 36.5 Å². The fourth-order valence-electron chi connectivity index (χ4n) is 3.91. The maximum absolute atomic E-state index is 12.5. The van der Waals surface area contributed by atoms with Crippen LogP contribution in [0.2, 0.25) is 0 Å². The van der Waals surface area contributed by atoms with Gasteiger partial charge in [0.05, 0.1) is 12.6 Å². The number of hydrogen-bond acceptors (Lipinski definition) is 5. The van der Waals surface area contributed by atoms with E-state index in [9.17, 15) is 4.79 Å². The van der Waals surface area contributed by atoms with Gasteiger partial charge in [-0.1, -0.05) is 24.3 Å². The molecular formula is C20H25N5O. The zero-order chi connectivity index (χ0) is 17.8. The summed E-state index contributed by atoms with van der Waals surface area (Å²) in [6.45, 7) is 3.87. The van der Waals surface area contributed by atoms with Crippen molar-refractivity contribution < 1.29 is 4.79 Å². The third kappa shape index (κ3) is 3.85. The summed E-state index contributed by atoms with van der Waals surface area (Å²) in [6.07, 6.45) is 6.82. The molecule has 4 rings (SSSR count). The molecule has 136 valence electrons. The standard InChI is InChI=1S/C20H25N5O/c26-19(23-18-8-3-6-16-5-1-2-7-17(16)18)15-24-11-13-25(14-12-24)20-21-9-4-10-22-20/h1-2,4-5,7,9-10,18H,3,6,8,11-15H2,(H,23,26)/t18-/m1/s1. The van der Waals surface area contributed by atoms with Crippen LogP contribution in [0.15, 0.2) is 42.7 Å². The Morgan fingerprint density at radius 3 is 2.65 bits per heavy atom. The predicted molar refractivity (Wildman–Crippen MR) is 101 cm³/mol. The van der Waals surface area contributed by atoms with E-state index in [1.54, 1.807) is 12.4 Å². The minimum atomic E-state index is 0.121. The molecule has 1 aliphatic heterocycles. The first-order chi connectivity index (χ1) is 12.8. The molecule has 6 nitrogen and oxygen atoms in total. The van der Waals surface area contributed by atoms with Crippen LogP contribution in [0, 0.1) is 0 Å². The zero-order valence-corrected chi connectivity index (χ0v) is 15.0. The predicted octanol–water partition coefficient (Wildman–Crippen LogP) is 1.79. The van der Waals surface area contributed by atoms with Crippen molar-refractivity contribution in [2.24, 2.45) is 0 Å². The molecule has 2 aliphatic rings. The molecule has 0 radical (unpaired) electrons. The van der Waals surface area contributed by atoms with E-state index in [-0.39, 0.29) is 11.9 Å². The molecule has 1 N–H and O–H groups in total. The smallest absolute Gasteiger partial charge is 0.234 e. The van der Waals surface area contributed by atoms with Crippen molar-refractivity contribution in [3.05, 3.63) is 53.9 Å². The van der Waals surface area contributed by atoms with Crippen LogP contribution >= 0.6 is 0 Å². The molecule has 1 aromatic carbocycles. The normalized spacial score (nSPS) is 20.5. The third-order valence-corrected chi connectivity index (χ3v) is 5.28. The van der Waals surface area contributed by atoms with E-state index < -0.39 is 0 Å². The lowest BCUT2D eigenvalue weighted by molar-refractivity contribution is -0.123. The van der Waals surface area contributed by atoms with E-state index in [1.807, 2.05) is 6.07 Å². The van der Waals surface area contributed by atoms with Gasteiger partial charge in [0.15, 0.2) is 0 Å². The summed E-state index contributed by atoms with van der Waals surface area (Å²) in [5, 5.41) is 3.25. The van der Waals surface area contributed by atoms with E-state index in [1.165, 1.54) is 11.1 Å². The largest absolute Gasteiger partial charge is 0.348 e. The molecule has 6 heteroatoms. The van der Waals surface area contributed by atoms with Gasteiger partial charge in [0.2, 0.25) is 11.9 Å². The highest BCUT2D eigenvalue weighted by molar-refractivity contribution is 5.78. The number of piperazine rings is 1. The summed E-state index contributed by atoms with van der Waals surface area (Å²) in [7, 11) is 0. The third-order valence-electron chi connectivity index (χ3n) is 5.28. The number of hydrogen-bond donors (Lipinski definition) is 1. The number of rotatable bonds is 4. The van der Waals surface area contributed by atoms with E-state index in [0.29, 0.717) is 6.54 Å². The number of nitrogens with zero attached hydrogens (tertiary/aromatic N) is 4. The van der Waals surface area contributed by atoms with Crippen LogP contribution in [0.25, 0.3) is 0 Å². The van der Waals surface area contributed by atoms with Crippen LogP contribution in [0.5, 0.6) is 0 Å². The van der Waals surface area contributed by atoms with Gasteiger partial charge in [-0.3, -0.25) is 9.69 Å². The molecule has 2 aromatic rings. The van der Waals surface area contributed by atoms with Gasteiger partial charge in [-0.25, -0.2) is 9.97 Å². The Labute approximate surface area is 154 Å². The molecule has 1 fully saturated rings. The quantitative estimate of drug-likeness (QED) is 0.910. The first-order valence-corrected chi connectivity index (χ1v) is 9.41. The van der Waals surface area contributed by atoms with E-state index in [4.69, 9.17) is 0 Å². The Balaban J connectivity index is 1.29. The van der Waals surface area contributed by atoms with Crippen LogP contribution in [-0.4, -0.2) is 53.5 Å². The fraction of sp³-hybridized carbons (Fsp3) is 0.450. The average Bonchev–Trinajstić information content (AvgIpc) is 2.69. The lowest BCUT2D eigenvalue weighted by Crippen LogP contribution is -2.50. The second-order valence-electron chi connectivity index (χ2n) is 7.02. The van der Waals surface area contributed by atoms with E-state index in [0.717, 1.165) is 51.4 Å². The van der Waals surface area contributed by atoms with E-state index in [2.05, 4.69) is 49.4 Å². The second-order valence-corrected chi connectivity index (χ2v) is 7.02. The van der Waals surface area contributed by atoms with Crippen molar-refractivity contribution >= 4 is 11.9 Å². The SMILES string of the molecule is O=C(CN1CCN(c2ncccn2)CC1)N[C@@H]1CCCc2ccccc21. The molecule has 0 unspecified atom stereocenters. The molecule has 0 spiro atoms. The molecule has 1 saturated heterocycles. The van der Waals surface area contributed by atoms with Gasteiger partial charge in [-0.2, -0.15) is 0 Å². The lowest BCUT2D eigenvalue weighted by atomic mass is 9.88. The Hall–Kier alpha value is -2.47. The van der Waals surface area contributed by atoms with Crippen molar-refractivity contribution in [2.75, 3.05) is 37.6 Å². The van der Waals surface area contributed by atoms with Crippen molar-refractivity contribution in [1.29, 1.82) is 0 Å². The van der Waals surface area contributed by atoms with Gasteiger partial charge < -0.3 is 10.2 Å². The average molecular weight is 351 g/mol. The molecule has 1 amide bonds. The molecule has 0 saturated carbocycles. The maximum Gasteiger partial charge on any atom is 0.234 e. The first kappa shape index (κ1) is 17.0. The maximum atomic E-state index is 12.5. The van der Waals surface area contributed by atoms with Crippen LogP contribution in [-0.2, 0) is 11.2 Å². The first-order valence-electron chi connectivity index (χ1n) is 9.41.